The van der Waals surface area contributed by atoms with E-state index < -0.39 is 11.5 Å². The number of likely N-dealkylation sites (tertiary alicyclic amines) is 1. The van der Waals surface area contributed by atoms with Gasteiger partial charge in [0.2, 0.25) is 4.96 Å². The zero-order valence-electron chi connectivity index (χ0n) is 10.9. The summed E-state index contributed by atoms with van der Waals surface area (Å²) in [6, 6.07) is 1.42. The van der Waals surface area contributed by atoms with E-state index in [0.717, 1.165) is 6.42 Å². The van der Waals surface area contributed by atoms with Crippen molar-refractivity contribution >= 4 is 22.3 Å². The van der Waals surface area contributed by atoms with E-state index >= 15 is 0 Å². The SMILES string of the molecule is CC1(C(=O)O)CCCN1Cc1cc(=O)n2ncsc2n1. The molecule has 7 nitrogen and oxygen atoms in total. The van der Waals surface area contributed by atoms with Gasteiger partial charge in [-0.2, -0.15) is 9.61 Å². The van der Waals surface area contributed by atoms with E-state index in [2.05, 4.69) is 10.1 Å². The second-order valence-corrected chi connectivity index (χ2v) is 5.93. The summed E-state index contributed by atoms with van der Waals surface area (Å²) in [7, 11) is 0. The summed E-state index contributed by atoms with van der Waals surface area (Å²) in [4.78, 5) is 30.1. The largest absolute Gasteiger partial charge is 0.480 e. The van der Waals surface area contributed by atoms with Crippen LogP contribution in [-0.4, -0.2) is 42.7 Å². The van der Waals surface area contributed by atoms with E-state index in [1.54, 1.807) is 12.4 Å². The average molecular weight is 294 g/mol. The van der Waals surface area contributed by atoms with E-state index in [4.69, 9.17) is 0 Å². The number of hydrogen-bond acceptors (Lipinski definition) is 6. The quantitative estimate of drug-likeness (QED) is 0.891. The first-order chi connectivity index (χ1) is 9.50. The molecule has 0 aliphatic carbocycles. The van der Waals surface area contributed by atoms with Gasteiger partial charge in [0.15, 0.2) is 0 Å². The van der Waals surface area contributed by atoms with Crippen LogP contribution >= 0.6 is 11.3 Å². The number of carboxylic acid groups (broad SMARTS) is 1. The van der Waals surface area contributed by atoms with Crippen LogP contribution in [0.1, 0.15) is 25.5 Å². The smallest absolute Gasteiger partial charge is 0.323 e. The molecule has 0 radical (unpaired) electrons. The lowest BCUT2D eigenvalue weighted by Crippen LogP contribution is -2.47. The van der Waals surface area contributed by atoms with Gasteiger partial charge in [-0.05, 0) is 26.3 Å². The molecule has 0 amide bonds. The van der Waals surface area contributed by atoms with Crippen molar-refractivity contribution in [3.05, 3.63) is 27.6 Å². The molecule has 20 heavy (non-hydrogen) atoms. The molecule has 1 aliphatic rings. The Kier molecular flexibility index (Phi) is 3.06. The van der Waals surface area contributed by atoms with Gasteiger partial charge in [-0.3, -0.25) is 14.5 Å². The summed E-state index contributed by atoms with van der Waals surface area (Å²) in [5.74, 6) is -0.828. The first-order valence-corrected chi connectivity index (χ1v) is 7.19. The van der Waals surface area contributed by atoms with Crippen molar-refractivity contribution in [1.29, 1.82) is 0 Å². The van der Waals surface area contributed by atoms with E-state index in [1.807, 2.05) is 4.90 Å². The molecule has 0 saturated carbocycles. The minimum absolute atomic E-state index is 0.234. The molecule has 106 valence electrons. The molecule has 0 bridgehead atoms. The highest BCUT2D eigenvalue weighted by molar-refractivity contribution is 7.14. The van der Waals surface area contributed by atoms with Crippen LogP contribution in [0.5, 0.6) is 0 Å². The van der Waals surface area contributed by atoms with Crippen LogP contribution in [0.2, 0.25) is 0 Å². The minimum atomic E-state index is -0.874. The zero-order chi connectivity index (χ0) is 14.3. The number of fused-ring (bicyclic) bond motifs is 1. The molecule has 1 N–H and O–H groups in total. The van der Waals surface area contributed by atoms with E-state index in [0.29, 0.717) is 30.2 Å². The highest BCUT2D eigenvalue weighted by atomic mass is 32.1. The van der Waals surface area contributed by atoms with Crippen molar-refractivity contribution in [1.82, 2.24) is 19.5 Å². The lowest BCUT2D eigenvalue weighted by molar-refractivity contribution is -0.148. The molecular weight excluding hydrogens is 280 g/mol. The highest BCUT2D eigenvalue weighted by Gasteiger charge is 2.43. The van der Waals surface area contributed by atoms with E-state index in [-0.39, 0.29) is 5.56 Å². The van der Waals surface area contributed by atoms with Gasteiger partial charge < -0.3 is 5.11 Å². The predicted molar refractivity (Wildman–Crippen MR) is 72.8 cm³/mol. The second-order valence-electron chi connectivity index (χ2n) is 5.12. The van der Waals surface area contributed by atoms with Crippen molar-refractivity contribution in [2.75, 3.05) is 6.54 Å². The summed E-state index contributed by atoms with van der Waals surface area (Å²) in [6.07, 6.45) is 1.45. The first-order valence-electron chi connectivity index (χ1n) is 6.31. The molecule has 0 aromatic carbocycles. The number of nitrogens with zero attached hydrogens (tertiary/aromatic N) is 4. The van der Waals surface area contributed by atoms with Gasteiger partial charge in [0.25, 0.3) is 5.56 Å². The Morgan fingerprint density at radius 2 is 2.40 bits per heavy atom. The zero-order valence-corrected chi connectivity index (χ0v) is 11.8. The predicted octanol–water partition coefficient (Wildman–Crippen LogP) is 0.590. The second kappa shape index (κ2) is 4.64. The van der Waals surface area contributed by atoms with Gasteiger partial charge in [0.1, 0.15) is 11.0 Å². The molecular formula is C12H14N4O3S. The van der Waals surface area contributed by atoms with Crippen LogP contribution in [-0.2, 0) is 11.3 Å². The Balaban J connectivity index is 1.93. The molecule has 1 saturated heterocycles. The Morgan fingerprint density at radius 3 is 3.15 bits per heavy atom. The van der Waals surface area contributed by atoms with Crippen LogP contribution in [0.25, 0.3) is 4.96 Å². The Labute approximate surface area is 118 Å². The van der Waals surface area contributed by atoms with Crippen LogP contribution in [0.15, 0.2) is 16.4 Å². The molecule has 3 heterocycles. The standard InChI is InChI=1S/C12H14N4O3S/c1-12(10(18)19)3-2-4-15(12)6-8-5-9(17)16-11(14-8)20-7-13-16/h5,7H,2-4,6H2,1H3,(H,18,19). The van der Waals surface area contributed by atoms with Gasteiger partial charge in [-0.25, -0.2) is 4.98 Å². The van der Waals surface area contributed by atoms with Gasteiger partial charge in [-0.1, -0.05) is 11.3 Å². The van der Waals surface area contributed by atoms with Crippen LogP contribution in [0.4, 0.5) is 0 Å². The third-order valence-corrected chi connectivity index (χ3v) is 4.52. The van der Waals surface area contributed by atoms with Crippen molar-refractivity contribution < 1.29 is 9.90 Å². The van der Waals surface area contributed by atoms with Crippen molar-refractivity contribution in [2.24, 2.45) is 0 Å². The molecule has 1 aliphatic heterocycles. The van der Waals surface area contributed by atoms with Crippen LogP contribution in [0, 0.1) is 0 Å². The number of rotatable bonds is 3. The summed E-state index contributed by atoms with van der Waals surface area (Å²) in [5, 5.41) is 13.3. The fourth-order valence-corrected chi connectivity index (χ4v) is 3.23. The summed E-state index contributed by atoms with van der Waals surface area (Å²) < 4.78 is 1.24. The van der Waals surface area contributed by atoms with Gasteiger partial charge in [0, 0.05) is 12.6 Å². The van der Waals surface area contributed by atoms with E-state index in [9.17, 15) is 14.7 Å². The third kappa shape index (κ3) is 2.01. The minimum Gasteiger partial charge on any atom is -0.480 e. The third-order valence-electron chi connectivity index (χ3n) is 3.84. The highest BCUT2D eigenvalue weighted by Crippen LogP contribution is 2.30. The number of carbonyl (C=O) groups is 1. The molecule has 0 spiro atoms. The average Bonchev–Trinajstić information content (AvgIpc) is 2.98. The number of hydrogen-bond donors (Lipinski definition) is 1. The van der Waals surface area contributed by atoms with Crippen molar-refractivity contribution in [2.45, 2.75) is 31.8 Å². The molecule has 1 atom stereocenters. The normalized spacial score (nSPS) is 23.4. The maximum atomic E-state index is 11.9. The number of aromatic nitrogens is 3. The molecule has 8 heteroatoms. The van der Waals surface area contributed by atoms with Crippen LogP contribution < -0.4 is 5.56 Å². The van der Waals surface area contributed by atoms with Crippen molar-refractivity contribution in [3.63, 3.8) is 0 Å². The summed E-state index contributed by atoms with van der Waals surface area (Å²) >= 11 is 1.29. The van der Waals surface area contributed by atoms with E-state index in [1.165, 1.54) is 21.9 Å². The molecule has 3 rings (SSSR count). The Hall–Kier alpha value is -1.80. The lowest BCUT2D eigenvalue weighted by Gasteiger charge is -2.30. The molecule has 1 unspecified atom stereocenters. The fourth-order valence-electron chi connectivity index (χ4n) is 2.59. The van der Waals surface area contributed by atoms with Gasteiger partial charge >= 0.3 is 5.97 Å². The molecule has 1 fully saturated rings. The first kappa shape index (κ1) is 13.2. The molecule has 2 aromatic rings. The van der Waals surface area contributed by atoms with Crippen molar-refractivity contribution in [3.8, 4) is 0 Å². The fraction of sp³-hybridized carbons (Fsp3) is 0.500. The molecule has 2 aromatic heterocycles. The lowest BCUT2D eigenvalue weighted by atomic mass is 9.99. The summed E-state index contributed by atoms with van der Waals surface area (Å²) in [5.41, 5.74) is 1.04. The summed E-state index contributed by atoms with van der Waals surface area (Å²) in [6.45, 7) is 2.79. The van der Waals surface area contributed by atoms with Crippen LogP contribution in [0.3, 0.4) is 0 Å². The number of aliphatic carboxylic acids is 1. The maximum Gasteiger partial charge on any atom is 0.323 e. The maximum absolute atomic E-state index is 11.9. The monoisotopic (exact) mass is 294 g/mol. The Bertz CT molecular complexity index is 725. The topological polar surface area (TPSA) is 87.8 Å². The number of carboxylic acids is 1. The Morgan fingerprint density at radius 1 is 1.60 bits per heavy atom. The van der Waals surface area contributed by atoms with Gasteiger partial charge in [0.05, 0.1) is 5.69 Å². The van der Waals surface area contributed by atoms with Gasteiger partial charge in [-0.15, -0.1) is 0 Å².